The first-order valence-electron chi connectivity index (χ1n) is 9.24. The molecule has 2 fully saturated rings. The normalized spacial score (nSPS) is 29.3. The highest BCUT2D eigenvalue weighted by molar-refractivity contribution is 6.62. The number of alkyl halides is 3. The fourth-order valence-electron chi connectivity index (χ4n) is 3.67. The van der Waals surface area contributed by atoms with Crippen molar-refractivity contribution in [3.8, 4) is 0 Å². The minimum absolute atomic E-state index is 0.131. The predicted octanol–water partition coefficient (Wildman–Crippen LogP) is 2.84. The third-order valence-corrected chi connectivity index (χ3v) is 6.03. The monoisotopic (exact) mass is 397 g/mol. The molecule has 2 heterocycles. The second-order valence-corrected chi connectivity index (χ2v) is 9.10. The third kappa shape index (κ3) is 3.11. The van der Waals surface area contributed by atoms with Crippen LogP contribution in [0.5, 0.6) is 0 Å². The summed E-state index contributed by atoms with van der Waals surface area (Å²) >= 11 is 0. The number of aromatic nitrogens is 3. The summed E-state index contributed by atoms with van der Waals surface area (Å²) in [5.74, 6) is 0. The molecule has 4 rings (SSSR count). The van der Waals surface area contributed by atoms with Gasteiger partial charge in [-0.15, -0.1) is 0 Å². The Balaban J connectivity index is 1.77. The molecule has 28 heavy (non-hydrogen) atoms. The van der Waals surface area contributed by atoms with Gasteiger partial charge in [0.2, 0.25) is 0 Å². The third-order valence-electron chi connectivity index (χ3n) is 6.03. The molecule has 1 aliphatic carbocycles. The zero-order valence-corrected chi connectivity index (χ0v) is 16.5. The number of hydrogen-bond acceptors (Lipinski definition) is 5. The molecule has 0 bridgehead atoms. The highest BCUT2D eigenvalue weighted by atomic mass is 19.4. The highest BCUT2D eigenvalue weighted by Gasteiger charge is 2.52. The van der Waals surface area contributed by atoms with E-state index in [1.54, 1.807) is 6.92 Å². The van der Waals surface area contributed by atoms with Gasteiger partial charge in [0.1, 0.15) is 11.0 Å². The Morgan fingerprint density at radius 2 is 1.64 bits per heavy atom. The zero-order chi connectivity index (χ0) is 20.7. The average molecular weight is 397 g/mol. The minimum Gasteiger partial charge on any atom is -0.399 e. The summed E-state index contributed by atoms with van der Waals surface area (Å²) in [6, 6.07) is 2.34. The maximum atomic E-state index is 13.7. The molecule has 1 aliphatic heterocycles. The van der Waals surface area contributed by atoms with Gasteiger partial charge in [0.15, 0.2) is 0 Å². The smallest absolute Gasteiger partial charge is 0.399 e. The van der Waals surface area contributed by atoms with Gasteiger partial charge in [-0.3, -0.25) is 0 Å². The summed E-state index contributed by atoms with van der Waals surface area (Å²) in [6.45, 7) is 9.05. The van der Waals surface area contributed by atoms with Crippen LogP contribution < -0.4 is 5.46 Å². The number of halogens is 3. The van der Waals surface area contributed by atoms with E-state index in [4.69, 9.17) is 9.31 Å². The molecule has 0 unspecified atom stereocenters. The number of aliphatic hydroxyl groups is 1. The Kier molecular flexibility index (Phi) is 4.00. The van der Waals surface area contributed by atoms with E-state index < -0.39 is 35.7 Å². The van der Waals surface area contributed by atoms with Crippen molar-refractivity contribution in [2.45, 2.75) is 76.5 Å². The van der Waals surface area contributed by atoms with Crippen molar-refractivity contribution in [2.75, 3.05) is 0 Å². The Morgan fingerprint density at radius 3 is 2.14 bits per heavy atom. The van der Waals surface area contributed by atoms with E-state index in [0.29, 0.717) is 12.8 Å². The number of rotatable bonds is 2. The van der Waals surface area contributed by atoms with Crippen LogP contribution >= 0.6 is 0 Å². The average Bonchev–Trinajstić information content (AvgIpc) is 3.01. The molecule has 0 atom stereocenters. The van der Waals surface area contributed by atoms with Crippen LogP contribution in [0.2, 0.25) is 0 Å². The molecule has 1 saturated carbocycles. The van der Waals surface area contributed by atoms with E-state index >= 15 is 0 Å². The second-order valence-electron chi connectivity index (χ2n) is 9.10. The topological polar surface area (TPSA) is 69.4 Å². The van der Waals surface area contributed by atoms with Gasteiger partial charge in [0, 0.05) is 12.8 Å². The van der Waals surface area contributed by atoms with Crippen molar-refractivity contribution in [1.82, 2.24) is 15.0 Å². The molecule has 1 N–H and O–H groups in total. The molecule has 6 nitrogen and oxygen atoms in total. The van der Waals surface area contributed by atoms with Crippen molar-refractivity contribution in [3.63, 3.8) is 0 Å². The first-order chi connectivity index (χ1) is 12.7. The summed E-state index contributed by atoms with van der Waals surface area (Å²) in [6.07, 6.45) is -3.79. The maximum Gasteiger partial charge on any atom is 0.494 e. The van der Waals surface area contributed by atoms with E-state index in [9.17, 15) is 18.3 Å². The molecule has 10 heteroatoms. The number of benzene rings is 1. The molecule has 1 aromatic heterocycles. The molecule has 1 saturated heterocycles. The van der Waals surface area contributed by atoms with Gasteiger partial charge >= 0.3 is 13.3 Å². The van der Waals surface area contributed by atoms with Gasteiger partial charge in [-0.25, -0.2) is 0 Å². The number of fused-ring (bicyclic) bond motifs is 1. The van der Waals surface area contributed by atoms with Gasteiger partial charge in [-0.2, -0.15) is 28.2 Å². The summed E-state index contributed by atoms with van der Waals surface area (Å²) in [4.78, 5) is 1.28. The standard InChI is InChI=1S/C18H23BF3N3O3/c1-15(2)16(3,4)28-19(27-15)10-6-12(18(20,21)22)14-13(7-10)23-25(24-14)11-8-17(5,26)9-11/h6-7,11,26H,8-9H2,1-5H3. The number of nitrogens with zero attached hydrogens (tertiary/aromatic N) is 3. The van der Waals surface area contributed by atoms with Crippen LogP contribution in [0.1, 0.15) is 59.1 Å². The molecule has 2 aliphatic rings. The van der Waals surface area contributed by atoms with E-state index in [2.05, 4.69) is 10.2 Å². The zero-order valence-electron chi connectivity index (χ0n) is 16.5. The summed E-state index contributed by atoms with van der Waals surface area (Å²) < 4.78 is 53.0. The Morgan fingerprint density at radius 1 is 1.07 bits per heavy atom. The minimum atomic E-state index is -4.59. The molecular weight excluding hydrogens is 374 g/mol. The lowest BCUT2D eigenvalue weighted by Gasteiger charge is -2.39. The molecular formula is C18H23BF3N3O3. The first kappa shape index (κ1) is 19.7. The fraction of sp³-hybridized carbons (Fsp3) is 0.667. The largest absolute Gasteiger partial charge is 0.494 e. The van der Waals surface area contributed by atoms with Crippen LogP contribution in [0.3, 0.4) is 0 Å². The molecule has 0 amide bonds. The van der Waals surface area contributed by atoms with Crippen molar-refractivity contribution in [3.05, 3.63) is 17.7 Å². The van der Waals surface area contributed by atoms with E-state index in [-0.39, 0.29) is 22.5 Å². The van der Waals surface area contributed by atoms with Gasteiger partial charge < -0.3 is 14.4 Å². The van der Waals surface area contributed by atoms with E-state index in [1.165, 1.54) is 10.9 Å². The van der Waals surface area contributed by atoms with Gasteiger partial charge in [-0.1, -0.05) is 0 Å². The van der Waals surface area contributed by atoms with E-state index in [1.807, 2.05) is 27.7 Å². The van der Waals surface area contributed by atoms with Crippen LogP contribution in [0.4, 0.5) is 13.2 Å². The van der Waals surface area contributed by atoms with Crippen molar-refractivity contribution < 1.29 is 27.6 Å². The lowest BCUT2D eigenvalue weighted by atomic mass is 9.78. The van der Waals surface area contributed by atoms with Crippen LogP contribution in [0.25, 0.3) is 11.0 Å². The molecule has 0 spiro atoms. The van der Waals surface area contributed by atoms with Gasteiger partial charge in [0.25, 0.3) is 0 Å². The fourth-order valence-corrected chi connectivity index (χ4v) is 3.67. The molecule has 152 valence electrons. The predicted molar refractivity (Wildman–Crippen MR) is 97.1 cm³/mol. The van der Waals surface area contributed by atoms with Crippen LogP contribution in [-0.4, -0.2) is 44.0 Å². The molecule has 2 aromatic rings. The van der Waals surface area contributed by atoms with Crippen LogP contribution in [0.15, 0.2) is 12.1 Å². The number of hydrogen-bond donors (Lipinski definition) is 1. The highest BCUT2D eigenvalue weighted by Crippen LogP contribution is 2.41. The van der Waals surface area contributed by atoms with Crippen molar-refractivity contribution in [2.24, 2.45) is 0 Å². The Bertz CT molecular complexity index is 915. The summed E-state index contributed by atoms with van der Waals surface area (Å²) in [5.41, 5.74) is -2.85. The van der Waals surface area contributed by atoms with Gasteiger partial charge in [-0.05, 0) is 52.2 Å². The first-order valence-corrected chi connectivity index (χ1v) is 9.24. The van der Waals surface area contributed by atoms with Crippen LogP contribution in [-0.2, 0) is 15.5 Å². The lowest BCUT2D eigenvalue weighted by Crippen LogP contribution is -2.42. The lowest BCUT2D eigenvalue weighted by molar-refractivity contribution is -0.136. The van der Waals surface area contributed by atoms with Crippen molar-refractivity contribution >= 4 is 23.6 Å². The Hall–Kier alpha value is -1.65. The van der Waals surface area contributed by atoms with Gasteiger partial charge in [0.05, 0.1) is 28.4 Å². The second kappa shape index (κ2) is 5.70. The SMILES string of the molecule is CC1(O)CC(n2nc3cc(B4OC(C)(C)C(C)(C)O4)cc(C(F)(F)F)c3n2)C1. The van der Waals surface area contributed by atoms with E-state index in [0.717, 1.165) is 6.07 Å². The maximum absolute atomic E-state index is 13.7. The molecule has 1 aromatic carbocycles. The summed E-state index contributed by atoms with van der Waals surface area (Å²) in [5, 5.41) is 18.3. The molecule has 0 radical (unpaired) electrons. The quantitative estimate of drug-likeness (QED) is 0.790. The summed E-state index contributed by atoms with van der Waals surface area (Å²) in [7, 11) is -0.926. The Labute approximate surface area is 161 Å². The van der Waals surface area contributed by atoms with Crippen molar-refractivity contribution in [1.29, 1.82) is 0 Å². The van der Waals surface area contributed by atoms with Crippen LogP contribution in [0, 0.1) is 0 Å².